The summed E-state index contributed by atoms with van der Waals surface area (Å²) in [5, 5.41) is 1.35. The topological polar surface area (TPSA) is 30.7 Å². The van der Waals surface area contributed by atoms with Crippen molar-refractivity contribution >= 4 is 33.7 Å². The van der Waals surface area contributed by atoms with Gasteiger partial charge in [0.15, 0.2) is 5.82 Å². The average molecular weight is 764 g/mol. The molecule has 2 aromatic heterocycles. The van der Waals surface area contributed by atoms with Crippen molar-refractivity contribution in [3.63, 3.8) is 0 Å². The number of hydrogen-bond donors (Lipinski definition) is 0. The second-order valence-corrected chi connectivity index (χ2v) is 17.4. The van der Waals surface area contributed by atoms with Crippen LogP contribution in [0.1, 0.15) is 90.5 Å². The van der Waals surface area contributed by atoms with E-state index in [0.29, 0.717) is 11.8 Å². The Morgan fingerprint density at radius 2 is 1.58 bits per heavy atom. The quantitative estimate of drug-likeness (QED) is 0.169. The number of allylic oxidation sites excluding steroid dienone is 13. The Morgan fingerprint density at radius 3 is 2.47 bits per heavy atom. The van der Waals surface area contributed by atoms with Gasteiger partial charge < -0.3 is 4.57 Å². The average Bonchev–Trinajstić information content (AvgIpc) is 3.63. The highest BCUT2D eigenvalue weighted by Crippen LogP contribution is 2.52. The highest BCUT2D eigenvalue weighted by Gasteiger charge is 2.44. The highest BCUT2D eigenvalue weighted by molar-refractivity contribution is 5.91. The fraction of sp³-hybridized carbons (Fsp3) is 0.214. The molecule has 2 heterocycles. The molecule has 288 valence electrons. The van der Waals surface area contributed by atoms with Crippen LogP contribution in [-0.2, 0) is 18.3 Å². The van der Waals surface area contributed by atoms with E-state index in [0.717, 1.165) is 66.9 Å². The third kappa shape index (κ3) is 6.27. The summed E-state index contributed by atoms with van der Waals surface area (Å²) in [5.41, 5.74) is 17.3. The molecule has 0 N–H and O–H groups in total. The molecule has 4 aromatic carbocycles. The van der Waals surface area contributed by atoms with Gasteiger partial charge in [0, 0.05) is 33.3 Å². The Balaban J connectivity index is 1.14. The summed E-state index contributed by atoms with van der Waals surface area (Å²) >= 11 is 0. The zero-order chi connectivity index (χ0) is 39.5. The van der Waals surface area contributed by atoms with Crippen LogP contribution in [0, 0.1) is 11.8 Å². The van der Waals surface area contributed by atoms with E-state index >= 15 is 0 Å². The number of rotatable bonds is 6. The van der Waals surface area contributed by atoms with Gasteiger partial charge in [-0.1, -0.05) is 141 Å². The van der Waals surface area contributed by atoms with Crippen molar-refractivity contribution in [3.05, 3.63) is 209 Å². The number of aryl methyl sites for hydroxylation is 1. The Labute approximate surface area is 348 Å². The number of fused-ring (bicyclic) bond motifs is 6. The van der Waals surface area contributed by atoms with Crippen LogP contribution >= 0.6 is 0 Å². The van der Waals surface area contributed by atoms with Crippen LogP contribution in [0.2, 0.25) is 0 Å². The van der Waals surface area contributed by atoms with Crippen LogP contribution < -0.4 is 0 Å². The first-order valence-electron chi connectivity index (χ1n) is 21.6. The first kappa shape index (κ1) is 35.8. The molecule has 0 aliphatic heterocycles. The van der Waals surface area contributed by atoms with Crippen LogP contribution in [0.4, 0.5) is 0 Å². The van der Waals surface area contributed by atoms with Gasteiger partial charge in [-0.05, 0) is 138 Å². The molecule has 4 atom stereocenters. The summed E-state index contributed by atoms with van der Waals surface area (Å²) in [6, 6.07) is 38.5. The smallest absolute Gasteiger partial charge is 0.160 e. The maximum atomic E-state index is 5.49. The lowest BCUT2D eigenvalue weighted by Gasteiger charge is -2.46. The number of benzene rings is 4. The van der Waals surface area contributed by atoms with E-state index in [1.54, 1.807) is 0 Å². The van der Waals surface area contributed by atoms with Gasteiger partial charge in [-0.2, -0.15) is 0 Å². The Kier molecular flexibility index (Phi) is 8.80. The lowest BCUT2D eigenvalue weighted by atomic mass is 9.57. The van der Waals surface area contributed by atoms with E-state index in [9.17, 15) is 0 Å². The fourth-order valence-corrected chi connectivity index (χ4v) is 10.6. The lowest BCUT2D eigenvalue weighted by Crippen LogP contribution is -2.40. The van der Waals surface area contributed by atoms with E-state index in [1.165, 1.54) is 61.2 Å². The molecular formula is C56H49N3. The summed E-state index contributed by atoms with van der Waals surface area (Å²) in [4.78, 5) is 10.8. The second-order valence-electron chi connectivity index (χ2n) is 17.4. The molecule has 3 nitrogen and oxygen atoms in total. The Morgan fingerprint density at radius 1 is 0.729 bits per heavy atom. The molecule has 3 heteroatoms. The molecule has 4 unspecified atom stereocenters. The zero-order valence-electron chi connectivity index (χ0n) is 34.0. The van der Waals surface area contributed by atoms with Gasteiger partial charge in [0.2, 0.25) is 0 Å². The van der Waals surface area contributed by atoms with E-state index < -0.39 is 0 Å². The molecule has 0 spiro atoms. The predicted molar refractivity (Wildman–Crippen MR) is 246 cm³/mol. The monoisotopic (exact) mass is 763 g/mol. The SMILES string of the molecule is CC1C=CC(c2nc(C3=CCCC(c4ccccc4)=C3)cc(-c3cc(C4Cc5ccccc5C5(C)C=CC=CC45)cc(-n4c5c(c6ccccc64)CCC=C5)c3)n2)=CC1. The van der Waals surface area contributed by atoms with Gasteiger partial charge in [0.25, 0.3) is 0 Å². The molecule has 11 rings (SSSR count). The maximum absolute atomic E-state index is 5.49. The molecular weight excluding hydrogens is 715 g/mol. The highest BCUT2D eigenvalue weighted by atomic mass is 15.0. The van der Waals surface area contributed by atoms with Crippen molar-refractivity contribution < 1.29 is 0 Å². The van der Waals surface area contributed by atoms with E-state index in [1.807, 2.05) is 0 Å². The third-order valence-corrected chi connectivity index (χ3v) is 13.7. The van der Waals surface area contributed by atoms with Crippen molar-refractivity contribution in [2.45, 2.75) is 63.7 Å². The molecule has 5 aliphatic carbocycles. The summed E-state index contributed by atoms with van der Waals surface area (Å²) in [6.45, 7) is 4.71. The van der Waals surface area contributed by atoms with E-state index in [4.69, 9.17) is 9.97 Å². The molecule has 0 saturated heterocycles. The summed E-state index contributed by atoms with van der Waals surface area (Å²) < 4.78 is 2.52. The van der Waals surface area contributed by atoms with Gasteiger partial charge in [-0.3, -0.25) is 0 Å². The van der Waals surface area contributed by atoms with Crippen molar-refractivity contribution in [3.8, 4) is 16.9 Å². The lowest BCUT2D eigenvalue weighted by molar-refractivity contribution is 0.329. The maximum Gasteiger partial charge on any atom is 0.160 e. The summed E-state index contributed by atoms with van der Waals surface area (Å²) in [6.07, 6.45) is 31.8. The first-order valence-corrected chi connectivity index (χ1v) is 21.6. The van der Waals surface area contributed by atoms with E-state index in [2.05, 4.69) is 188 Å². The van der Waals surface area contributed by atoms with Crippen LogP contribution in [0.25, 0.3) is 50.6 Å². The number of para-hydroxylation sites is 1. The molecule has 0 radical (unpaired) electrons. The summed E-state index contributed by atoms with van der Waals surface area (Å²) in [5.74, 6) is 1.88. The summed E-state index contributed by atoms with van der Waals surface area (Å²) in [7, 11) is 0. The largest absolute Gasteiger partial charge is 0.310 e. The minimum absolute atomic E-state index is 0.102. The standard InChI is InChI=1S/C56H49N3/c1-37-26-28-39(29-27-37)55-57-51(42-19-14-18-40(31-42)38-15-4-3-5-16-38)36-52(58-55)44-32-43(48-35-41-17-6-9-22-49(41)56(2)30-13-12-23-50(48)56)33-45(34-44)59-53-24-10-7-20-46(53)47-21-8-11-25-54(47)59/h3-7,9-13,15-17,19-20,22-26,28-34,36-37,48,50H,8,14,18,21,27,35H2,1-2H3. The van der Waals surface area contributed by atoms with Crippen molar-refractivity contribution in [2.24, 2.45) is 11.8 Å². The Bertz CT molecular complexity index is 2870. The molecule has 59 heavy (non-hydrogen) atoms. The number of nitrogens with zero attached hydrogens (tertiary/aromatic N) is 3. The van der Waals surface area contributed by atoms with Crippen LogP contribution in [-0.4, -0.2) is 14.5 Å². The van der Waals surface area contributed by atoms with E-state index in [-0.39, 0.29) is 11.3 Å². The fourth-order valence-electron chi connectivity index (χ4n) is 10.6. The third-order valence-electron chi connectivity index (χ3n) is 13.7. The molecule has 0 amide bonds. The van der Waals surface area contributed by atoms with Gasteiger partial charge >= 0.3 is 0 Å². The Hall–Kier alpha value is -6.32. The molecule has 0 saturated carbocycles. The first-order chi connectivity index (χ1) is 29.0. The minimum Gasteiger partial charge on any atom is -0.310 e. The van der Waals surface area contributed by atoms with Gasteiger partial charge in [-0.25, -0.2) is 9.97 Å². The normalized spacial score (nSPS) is 22.9. The van der Waals surface area contributed by atoms with Crippen LogP contribution in [0.3, 0.4) is 0 Å². The zero-order valence-corrected chi connectivity index (χ0v) is 34.0. The van der Waals surface area contributed by atoms with Crippen molar-refractivity contribution in [1.29, 1.82) is 0 Å². The molecule has 0 fully saturated rings. The number of hydrogen-bond acceptors (Lipinski definition) is 2. The number of aromatic nitrogens is 3. The van der Waals surface area contributed by atoms with Crippen LogP contribution in [0.15, 0.2) is 164 Å². The second kappa shape index (κ2) is 14.5. The van der Waals surface area contributed by atoms with Gasteiger partial charge in [0.05, 0.1) is 16.9 Å². The molecule has 5 aliphatic rings. The minimum atomic E-state index is -0.102. The molecule has 0 bridgehead atoms. The van der Waals surface area contributed by atoms with Gasteiger partial charge in [0.1, 0.15) is 0 Å². The van der Waals surface area contributed by atoms with Crippen LogP contribution in [0.5, 0.6) is 0 Å². The van der Waals surface area contributed by atoms with Crippen molar-refractivity contribution in [2.75, 3.05) is 0 Å². The van der Waals surface area contributed by atoms with Crippen molar-refractivity contribution in [1.82, 2.24) is 14.5 Å². The van der Waals surface area contributed by atoms with Gasteiger partial charge in [-0.15, -0.1) is 0 Å². The predicted octanol–water partition coefficient (Wildman–Crippen LogP) is 13.6. The molecule has 6 aromatic rings.